The molecule has 0 aromatic carbocycles. The summed E-state index contributed by atoms with van der Waals surface area (Å²) in [5.74, 6) is -2.87. The molecular weight excluding hydrogens is 318 g/mol. The largest absolute Gasteiger partial charge is 0.480 e. The fourth-order valence-corrected chi connectivity index (χ4v) is 2.56. The van der Waals surface area contributed by atoms with Crippen LogP contribution in [0, 0.1) is 0 Å². The molecule has 1 heterocycles. The average Bonchev–Trinajstić information content (AvgIpc) is 2.53. The number of nitrogens with zero attached hydrogens (tertiary/aromatic N) is 3. The summed E-state index contributed by atoms with van der Waals surface area (Å²) in [6, 6.07) is -0.125. The molecule has 0 amide bonds. The normalized spacial score (nSPS) is 20.9. The summed E-state index contributed by atoms with van der Waals surface area (Å²) in [6.45, 7) is 7.58. The molecule has 1 aliphatic rings. The van der Waals surface area contributed by atoms with E-state index in [1.165, 1.54) is 0 Å². The number of carboxylic acid groups (broad SMARTS) is 3. The van der Waals surface area contributed by atoms with Crippen LogP contribution in [0.15, 0.2) is 0 Å². The SMILES string of the molecule is CC.CC1CN(CC(=O)O)CCN(CC(=O)O)CCN1CC(=O)O. The minimum atomic E-state index is -0.958. The molecule has 9 nitrogen and oxygen atoms in total. The molecule has 0 aromatic heterocycles. The standard InChI is InChI=1S/C13H23N3O6.C2H6/c1-10-6-15(8-12(19)20)3-2-14(7-11(17)18)4-5-16(10)9-13(21)22;1-2/h10H,2-9H2,1H3,(H,17,18)(H,19,20)(H,21,22);1-2H3. The third-order valence-corrected chi connectivity index (χ3v) is 3.64. The maximum atomic E-state index is 11.0. The van der Waals surface area contributed by atoms with Crippen LogP contribution < -0.4 is 0 Å². The van der Waals surface area contributed by atoms with E-state index in [0.29, 0.717) is 32.7 Å². The van der Waals surface area contributed by atoms with E-state index in [1.807, 2.05) is 20.8 Å². The molecule has 0 aliphatic carbocycles. The van der Waals surface area contributed by atoms with Gasteiger partial charge in [0, 0.05) is 38.8 Å². The molecule has 140 valence electrons. The highest BCUT2D eigenvalue weighted by Gasteiger charge is 2.24. The van der Waals surface area contributed by atoms with E-state index >= 15 is 0 Å². The van der Waals surface area contributed by atoms with Crippen LogP contribution >= 0.6 is 0 Å². The van der Waals surface area contributed by atoms with Gasteiger partial charge in [-0.2, -0.15) is 0 Å². The van der Waals surface area contributed by atoms with Gasteiger partial charge in [0.1, 0.15) is 0 Å². The van der Waals surface area contributed by atoms with Crippen molar-refractivity contribution in [3.05, 3.63) is 0 Å². The highest BCUT2D eigenvalue weighted by atomic mass is 16.4. The molecule has 0 radical (unpaired) electrons. The Balaban J connectivity index is 0.00000254. The first-order chi connectivity index (χ1) is 11.3. The van der Waals surface area contributed by atoms with Gasteiger partial charge in [-0.15, -0.1) is 0 Å². The quantitative estimate of drug-likeness (QED) is 0.588. The van der Waals surface area contributed by atoms with Gasteiger partial charge in [-0.3, -0.25) is 29.1 Å². The van der Waals surface area contributed by atoms with Crippen molar-refractivity contribution >= 4 is 17.9 Å². The summed E-state index contributed by atoms with van der Waals surface area (Å²) in [6.07, 6.45) is 0. The summed E-state index contributed by atoms with van der Waals surface area (Å²) in [4.78, 5) is 37.9. The van der Waals surface area contributed by atoms with Gasteiger partial charge in [-0.05, 0) is 6.92 Å². The van der Waals surface area contributed by atoms with Gasteiger partial charge in [-0.1, -0.05) is 13.8 Å². The Bertz CT molecular complexity index is 418. The van der Waals surface area contributed by atoms with E-state index in [0.717, 1.165) is 0 Å². The van der Waals surface area contributed by atoms with Crippen LogP contribution in [0.2, 0.25) is 0 Å². The highest BCUT2D eigenvalue weighted by molar-refractivity contribution is 5.70. The van der Waals surface area contributed by atoms with Crippen molar-refractivity contribution in [2.45, 2.75) is 26.8 Å². The van der Waals surface area contributed by atoms with Crippen molar-refractivity contribution in [2.75, 3.05) is 52.4 Å². The summed E-state index contributed by atoms with van der Waals surface area (Å²) in [5, 5.41) is 26.8. The molecule has 0 bridgehead atoms. The molecular formula is C15H29N3O6. The Labute approximate surface area is 142 Å². The number of rotatable bonds is 6. The van der Waals surface area contributed by atoms with Crippen LogP contribution in [-0.2, 0) is 14.4 Å². The smallest absolute Gasteiger partial charge is 0.317 e. The van der Waals surface area contributed by atoms with Crippen molar-refractivity contribution in [2.24, 2.45) is 0 Å². The van der Waals surface area contributed by atoms with E-state index in [-0.39, 0.29) is 25.7 Å². The Morgan fingerprint density at radius 3 is 1.71 bits per heavy atom. The second-order valence-corrected chi connectivity index (χ2v) is 5.51. The highest BCUT2D eigenvalue weighted by Crippen LogP contribution is 2.07. The predicted octanol–water partition coefficient (Wildman–Crippen LogP) is -0.425. The van der Waals surface area contributed by atoms with Crippen molar-refractivity contribution < 1.29 is 29.7 Å². The first-order valence-electron chi connectivity index (χ1n) is 8.12. The Morgan fingerprint density at radius 1 is 0.792 bits per heavy atom. The number of hydrogen-bond acceptors (Lipinski definition) is 6. The molecule has 1 unspecified atom stereocenters. The van der Waals surface area contributed by atoms with Gasteiger partial charge < -0.3 is 15.3 Å². The van der Waals surface area contributed by atoms with Crippen LogP contribution in [-0.4, -0.2) is 106 Å². The molecule has 1 rings (SSSR count). The molecule has 3 N–H and O–H groups in total. The average molecular weight is 347 g/mol. The fraction of sp³-hybridized carbons (Fsp3) is 0.800. The molecule has 0 aromatic rings. The third kappa shape index (κ3) is 9.43. The minimum Gasteiger partial charge on any atom is -0.480 e. The lowest BCUT2D eigenvalue weighted by Gasteiger charge is -2.30. The molecule has 1 fully saturated rings. The Morgan fingerprint density at radius 2 is 1.21 bits per heavy atom. The number of carbonyl (C=O) groups is 3. The monoisotopic (exact) mass is 347 g/mol. The van der Waals surface area contributed by atoms with E-state index in [4.69, 9.17) is 15.3 Å². The number of carboxylic acids is 3. The summed E-state index contributed by atoms with van der Waals surface area (Å²) >= 11 is 0. The van der Waals surface area contributed by atoms with Crippen LogP contribution in [0.3, 0.4) is 0 Å². The van der Waals surface area contributed by atoms with Crippen LogP contribution in [0.5, 0.6) is 0 Å². The van der Waals surface area contributed by atoms with E-state index < -0.39 is 17.9 Å². The summed E-state index contributed by atoms with van der Waals surface area (Å²) in [7, 11) is 0. The molecule has 1 atom stereocenters. The van der Waals surface area contributed by atoms with Gasteiger partial charge in [0.2, 0.25) is 0 Å². The first-order valence-corrected chi connectivity index (χ1v) is 8.12. The van der Waals surface area contributed by atoms with Crippen LogP contribution in [0.4, 0.5) is 0 Å². The molecule has 9 heteroatoms. The summed E-state index contributed by atoms with van der Waals surface area (Å²) < 4.78 is 0. The zero-order valence-electron chi connectivity index (χ0n) is 14.6. The lowest BCUT2D eigenvalue weighted by Crippen LogP contribution is -2.46. The molecule has 0 spiro atoms. The predicted molar refractivity (Wildman–Crippen MR) is 88.2 cm³/mol. The zero-order chi connectivity index (χ0) is 18.7. The van der Waals surface area contributed by atoms with Gasteiger partial charge in [-0.25, -0.2) is 0 Å². The third-order valence-electron chi connectivity index (χ3n) is 3.64. The van der Waals surface area contributed by atoms with Crippen molar-refractivity contribution in [1.29, 1.82) is 0 Å². The van der Waals surface area contributed by atoms with Gasteiger partial charge >= 0.3 is 17.9 Å². The Kier molecular flexibility index (Phi) is 10.9. The van der Waals surface area contributed by atoms with Crippen molar-refractivity contribution in [3.8, 4) is 0 Å². The maximum absolute atomic E-state index is 11.0. The molecule has 1 aliphatic heterocycles. The number of hydrogen-bond donors (Lipinski definition) is 3. The van der Waals surface area contributed by atoms with Crippen LogP contribution in [0.25, 0.3) is 0 Å². The number of aliphatic carboxylic acids is 3. The summed E-state index contributed by atoms with van der Waals surface area (Å²) in [5.41, 5.74) is 0. The fourth-order valence-electron chi connectivity index (χ4n) is 2.56. The van der Waals surface area contributed by atoms with Crippen molar-refractivity contribution in [3.63, 3.8) is 0 Å². The van der Waals surface area contributed by atoms with E-state index in [1.54, 1.807) is 14.7 Å². The molecule has 1 saturated heterocycles. The lowest BCUT2D eigenvalue weighted by molar-refractivity contribution is -0.140. The zero-order valence-corrected chi connectivity index (χ0v) is 14.6. The minimum absolute atomic E-state index is 0.125. The lowest BCUT2D eigenvalue weighted by atomic mass is 10.2. The van der Waals surface area contributed by atoms with Crippen LogP contribution in [0.1, 0.15) is 20.8 Å². The van der Waals surface area contributed by atoms with E-state index in [9.17, 15) is 14.4 Å². The first kappa shape index (κ1) is 22.3. The Hall–Kier alpha value is -1.71. The van der Waals surface area contributed by atoms with E-state index in [2.05, 4.69) is 0 Å². The van der Waals surface area contributed by atoms with Gasteiger partial charge in [0.15, 0.2) is 0 Å². The van der Waals surface area contributed by atoms with Crippen molar-refractivity contribution in [1.82, 2.24) is 14.7 Å². The van der Waals surface area contributed by atoms with Gasteiger partial charge in [0.25, 0.3) is 0 Å². The maximum Gasteiger partial charge on any atom is 0.317 e. The van der Waals surface area contributed by atoms with Gasteiger partial charge in [0.05, 0.1) is 19.6 Å². The second-order valence-electron chi connectivity index (χ2n) is 5.51. The topological polar surface area (TPSA) is 122 Å². The second kappa shape index (κ2) is 11.8. The molecule has 24 heavy (non-hydrogen) atoms. The molecule has 0 saturated carbocycles.